The van der Waals surface area contributed by atoms with Gasteiger partial charge in [-0.25, -0.2) is 15.0 Å². The minimum atomic E-state index is 0.650. The van der Waals surface area contributed by atoms with E-state index in [4.69, 9.17) is 15.0 Å². The Morgan fingerprint density at radius 2 is 1.04 bits per heavy atom. The van der Waals surface area contributed by atoms with Crippen LogP contribution in [0, 0.1) is 0 Å². The lowest BCUT2D eigenvalue weighted by Crippen LogP contribution is -2.00. The fraction of sp³-hybridized carbons (Fsp3) is 0. The summed E-state index contributed by atoms with van der Waals surface area (Å²) in [5, 5.41) is 7.44. The Labute approximate surface area is 280 Å². The lowest BCUT2D eigenvalue weighted by Gasteiger charge is -2.11. The molecule has 224 valence electrons. The van der Waals surface area contributed by atoms with E-state index in [9.17, 15) is 0 Å². The van der Waals surface area contributed by atoms with Crippen LogP contribution >= 0.6 is 11.3 Å². The molecule has 5 heteroatoms. The standard InChI is InChI=1S/C43H26N4S/c1-2-11-27(12-3-1)41-44-42(46-43(45-41)35-18-10-17-34-33-16-7-9-20-39(33)48-40(34)35)28-21-23-31(24-22-28)47-37-19-8-6-15-32(37)36-25-29-13-4-5-14-30(29)26-38(36)47/h1-26H. The van der Waals surface area contributed by atoms with E-state index in [1.54, 1.807) is 11.3 Å². The van der Waals surface area contributed by atoms with E-state index in [-0.39, 0.29) is 0 Å². The number of thiophene rings is 1. The second kappa shape index (κ2) is 10.7. The van der Waals surface area contributed by atoms with Crippen molar-refractivity contribution < 1.29 is 0 Å². The highest BCUT2D eigenvalue weighted by Crippen LogP contribution is 2.40. The summed E-state index contributed by atoms with van der Waals surface area (Å²) in [6.07, 6.45) is 0. The first-order valence-electron chi connectivity index (χ1n) is 16.0. The van der Waals surface area contributed by atoms with Crippen molar-refractivity contribution in [2.24, 2.45) is 0 Å². The van der Waals surface area contributed by atoms with Crippen LogP contribution in [0.4, 0.5) is 0 Å². The predicted molar refractivity (Wildman–Crippen MR) is 201 cm³/mol. The first kappa shape index (κ1) is 27.0. The van der Waals surface area contributed by atoms with Gasteiger partial charge in [-0.05, 0) is 65.4 Å². The quantitative estimate of drug-likeness (QED) is 0.194. The third kappa shape index (κ3) is 4.25. The molecule has 3 heterocycles. The Balaban J connectivity index is 1.15. The molecule has 3 aromatic heterocycles. The zero-order chi connectivity index (χ0) is 31.6. The van der Waals surface area contributed by atoms with E-state index in [2.05, 4.69) is 144 Å². The number of hydrogen-bond acceptors (Lipinski definition) is 4. The molecule has 0 radical (unpaired) electrons. The van der Waals surface area contributed by atoms with Crippen LogP contribution in [0.3, 0.4) is 0 Å². The molecule has 0 N–H and O–H groups in total. The van der Waals surface area contributed by atoms with Gasteiger partial charge in [0, 0.05) is 53.3 Å². The van der Waals surface area contributed by atoms with Crippen LogP contribution in [0.1, 0.15) is 0 Å². The van der Waals surface area contributed by atoms with Crippen molar-refractivity contribution in [2.75, 3.05) is 0 Å². The minimum Gasteiger partial charge on any atom is -0.309 e. The molecule has 0 bridgehead atoms. The molecular formula is C43H26N4S. The molecule has 0 aliphatic heterocycles. The number of para-hydroxylation sites is 1. The highest BCUT2D eigenvalue weighted by molar-refractivity contribution is 7.26. The SMILES string of the molecule is c1ccc(-c2nc(-c3ccc(-n4c5ccccc5c5cc6ccccc6cc54)cc3)nc(-c3cccc4c3sc3ccccc34)n2)cc1. The lowest BCUT2D eigenvalue weighted by atomic mass is 10.1. The average molecular weight is 631 g/mol. The van der Waals surface area contributed by atoms with Gasteiger partial charge in [0.2, 0.25) is 0 Å². The average Bonchev–Trinajstić information content (AvgIpc) is 3.69. The van der Waals surface area contributed by atoms with Crippen LogP contribution < -0.4 is 0 Å². The van der Waals surface area contributed by atoms with E-state index in [0.717, 1.165) is 22.4 Å². The minimum absolute atomic E-state index is 0.650. The molecule has 0 aliphatic rings. The first-order valence-corrected chi connectivity index (χ1v) is 16.9. The van der Waals surface area contributed by atoms with E-state index in [1.165, 1.54) is 52.8 Å². The van der Waals surface area contributed by atoms with Crippen LogP contribution in [0.25, 0.3) is 92.6 Å². The largest absolute Gasteiger partial charge is 0.309 e. The van der Waals surface area contributed by atoms with E-state index in [0.29, 0.717) is 17.5 Å². The molecule has 0 saturated carbocycles. The number of hydrogen-bond donors (Lipinski definition) is 0. The van der Waals surface area contributed by atoms with Gasteiger partial charge >= 0.3 is 0 Å². The smallest absolute Gasteiger partial charge is 0.165 e. The molecule has 7 aromatic carbocycles. The molecule has 4 nitrogen and oxygen atoms in total. The molecule has 0 aliphatic carbocycles. The van der Waals surface area contributed by atoms with Gasteiger partial charge in [0.1, 0.15) is 0 Å². The van der Waals surface area contributed by atoms with Gasteiger partial charge in [-0.15, -0.1) is 11.3 Å². The molecule has 10 rings (SSSR count). The van der Waals surface area contributed by atoms with Gasteiger partial charge in [-0.3, -0.25) is 0 Å². The Kier molecular flexibility index (Phi) is 6.01. The molecule has 0 spiro atoms. The number of fused-ring (bicyclic) bond motifs is 7. The molecule has 0 amide bonds. The maximum absolute atomic E-state index is 5.12. The second-order valence-corrected chi connectivity index (χ2v) is 13.1. The monoisotopic (exact) mass is 630 g/mol. The molecule has 0 saturated heterocycles. The van der Waals surface area contributed by atoms with Crippen LogP contribution in [-0.2, 0) is 0 Å². The summed E-state index contributed by atoms with van der Waals surface area (Å²) in [7, 11) is 0. The zero-order valence-electron chi connectivity index (χ0n) is 25.7. The van der Waals surface area contributed by atoms with Gasteiger partial charge < -0.3 is 4.57 Å². The van der Waals surface area contributed by atoms with Crippen molar-refractivity contribution in [3.8, 4) is 39.9 Å². The lowest BCUT2D eigenvalue weighted by molar-refractivity contribution is 1.08. The Bertz CT molecular complexity index is 2830. The van der Waals surface area contributed by atoms with Crippen LogP contribution in [-0.4, -0.2) is 19.5 Å². The van der Waals surface area contributed by atoms with Gasteiger partial charge in [-0.2, -0.15) is 0 Å². The molecule has 48 heavy (non-hydrogen) atoms. The number of nitrogens with zero attached hydrogens (tertiary/aromatic N) is 4. The summed E-state index contributed by atoms with van der Waals surface area (Å²) in [5.41, 5.74) is 6.37. The van der Waals surface area contributed by atoms with Crippen LogP contribution in [0.2, 0.25) is 0 Å². The first-order chi connectivity index (χ1) is 23.8. The fourth-order valence-corrected chi connectivity index (χ4v) is 8.17. The van der Waals surface area contributed by atoms with E-state index >= 15 is 0 Å². The van der Waals surface area contributed by atoms with E-state index in [1.807, 2.05) is 18.2 Å². The Hall–Kier alpha value is -6.17. The normalized spacial score (nSPS) is 11.8. The van der Waals surface area contributed by atoms with Gasteiger partial charge in [0.05, 0.1) is 11.0 Å². The maximum Gasteiger partial charge on any atom is 0.165 e. The fourth-order valence-electron chi connectivity index (χ4n) is 6.96. The van der Waals surface area contributed by atoms with Crippen molar-refractivity contribution >= 4 is 64.1 Å². The highest BCUT2D eigenvalue weighted by Gasteiger charge is 2.18. The number of aromatic nitrogens is 4. The Morgan fingerprint density at radius 1 is 0.417 bits per heavy atom. The van der Waals surface area contributed by atoms with Crippen molar-refractivity contribution in [3.05, 3.63) is 158 Å². The van der Waals surface area contributed by atoms with Gasteiger partial charge in [-0.1, -0.05) is 103 Å². The predicted octanol–water partition coefficient (Wildman–Crippen LogP) is 11.5. The molecule has 0 unspecified atom stereocenters. The van der Waals surface area contributed by atoms with Gasteiger partial charge in [0.15, 0.2) is 17.5 Å². The molecule has 0 fully saturated rings. The summed E-state index contributed by atoms with van der Waals surface area (Å²) in [5.74, 6) is 1.98. The topological polar surface area (TPSA) is 43.6 Å². The van der Waals surface area contributed by atoms with Crippen molar-refractivity contribution in [2.45, 2.75) is 0 Å². The maximum atomic E-state index is 5.12. The third-order valence-electron chi connectivity index (χ3n) is 9.24. The number of benzene rings is 7. The molecule has 0 atom stereocenters. The second-order valence-electron chi connectivity index (χ2n) is 12.1. The zero-order valence-corrected chi connectivity index (χ0v) is 26.5. The number of rotatable bonds is 4. The van der Waals surface area contributed by atoms with Crippen LogP contribution in [0.15, 0.2) is 158 Å². The summed E-state index contributed by atoms with van der Waals surface area (Å²) in [4.78, 5) is 15.2. The van der Waals surface area contributed by atoms with Crippen molar-refractivity contribution in [1.82, 2.24) is 19.5 Å². The van der Waals surface area contributed by atoms with Crippen molar-refractivity contribution in [3.63, 3.8) is 0 Å². The third-order valence-corrected chi connectivity index (χ3v) is 10.5. The van der Waals surface area contributed by atoms with Gasteiger partial charge in [0.25, 0.3) is 0 Å². The molecular weight excluding hydrogens is 605 g/mol. The summed E-state index contributed by atoms with van der Waals surface area (Å²) in [6, 6.07) is 55.6. The highest BCUT2D eigenvalue weighted by atomic mass is 32.1. The van der Waals surface area contributed by atoms with Crippen LogP contribution in [0.5, 0.6) is 0 Å². The Morgan fingerprint density at radius 3 is 1.85 bits per heavy atom. The van der Waals surface area contributed by atoms with Crippen molar-refractivity contribution in [1.29, 1.82) is 0 Å². The van der Waals surface area contributed by atoms with E-state index < -0.39 is 0 Å². The summed E-state index contributed by atoms with van der Waals surface area (Å²) >= 11 is 1.79. The summed E-state index contributed by atoms with van der Waals surface area (Å²) in [6.45, 7) is 0. The summed E-state index contributed by atoms with van der Waals surface area (Å²) < 4.78 is 4.80. The molecule has 10 aromatic rings.